The van der Waals surface area contributed by atoms with E-state index in [1.54, 1.807) is 0 Å². The van der Waals surface area contributed by atoms with Gasteiger partial charge in [-0.1, -0.05) is 12.1 Å². The van der Waals surface area contributed by atoms with Gasteiger partial charge in [0.15, 0.2) is 5.82 Å². The van der Waals surface area contributed by atoms with Crippen molar-refractivity contribution >= 4 is 5.91 Å². The van der Waals surface area contributed by atoms with Crippen molar-refractivity contribution in [1.82, 2.24) is 25.3 Å². The molecule has 1 amide bonds. The van der Waals surface area contributed by atoms with Crippen LogP contribution in [0.3, 0.4) is 0 Å². The van der Waals surface area contributed by atoms with Gasteiger partial charge in [0.2, 0.25) is 5.89 Å². The number of aryl methyl sites for hydroxylation is 1. The summed E-state index contributed by atoms with van der Waals surface area (Å²) in [6.45, 7) is 9.12. The summed E-state index contributed by atoms with van der Waals surface area (Å²) in [4.78, 5) is 21.0. The standard InChI is InChI=1S/C15H25N5O3/c1-3-13-17-14(23-18-13)11(2)19-5-7-20(8-6-19)15(21)12-10-16-4-9-22-12/h11-12,16H,3-10H2,1-2H3. The number of piperazine rings is 1. The Morgan fingerprint density at radius 3 is 2.78 bits per heavy atom. The molecule has 2 unspecified atom stereocenters. The SMILES string of the molecule is CCc1noc(C(C)N2CCN(C(=O)C3CNCCO3)CC2)n1. The number of carbonyl (C=O) groups is 1. The molecule has 3 rings (SSSR count). The summed E-state index contributed by atoms with van der Waals surface area (Å²) < 4.78 is 10.9. The Morgan fingerprint density at radius 2 is 2.17 bits per heavy atom. The van der Waals surface area contributed by atoms with E-state index in [4.69, 9.17) is 9.26 Å². The van der Waals surface area contributed by atoms with Crippen molar-refractivity contribution in [3.8, 4) is 0 Å². The molecular formula is C15H25N5O3. The molecule has 2 aliphatic heterocycles. The van der Waals surface area contributed by atoms with Gasteiger partial charge in [-0.2, -0.15) is 4.98 Å². The number of rotatable bonds is 4. The molecule has 0 saturated carbocycles. The number of amides is 1. The van der Waals surface area contributed by atoms with Gasteiger partial charge in [0, 0.05) is 45.7 Å². The lowest BCUT2D eigenvalue weighted by molar-refractivity contribution is -0.147. The maximum atomic E-state index is 12.4. The number of hydrogen-bond acceptors (Lipinski definition) is 7. The molecule has 3 heterocycles. The fourth-order valence-electron chi connectivity index (χ4n) is 2.99. The van der Waals surface area contributed by atoms with Crippen molar-refractivity contribution in [3.05, 3.63) is 11.7 Å². The maximum absolute atomic E-state index is 12.4. The van der Waals surface area contributed by atoms with Gasteiger partial charge in [0.05, 0.1) is 12.6 Å². The van der Waals surface area contributed by atoms with Crippen LogP contribution < -0.4 is 5.32 Å². The molecule has 0 spiro atoms. The monoisotopic (exact) mass is 323 g/mol. The molecule has 8 heteroatoms. The Balaban J connectivity index is 1.52. The van der Waals surface area contributed by atoms with Gasteiger partial charge in [-0.05, 0) is 6.92 Å². The van der Waals surface area contributed by atoms with Crippen LogP contribution in [0.1, 0.15) is 31.6 Å². The zero-order valence-electron chi connectivity index (χ0n) is 13.8. The summed E-state index contributed by atoms with van der Waals surface area (Å²) in [5.74, 6) is 1.49. The van der Waals surface area contributed by atoms with E-state index in [1.165, 1.54) is 0 Å². The van der Waals surface area contributed by atoms with Crippen LogP contribution in [0.15, 0.2) is 4.52 Å². The van der Waals surface area contributed by atoms with Crippen LogP contribution in [-0.2, 0) is 16.0 Å². The fourth-order valence-corrected chi connectivity index (χ4v) is 2.99. The minimum absolute atomic E-state index is 0.0765. The minimum Gasteiger partial charge on any atom is -0.366 e. The Labute approximate surface area is 136 Å². The smallest absolute Gasteiger partial charge is 0.253 e. The van der Waals surface area contributed by atoms with E-state index in [0.29, 0.717) is 32.1 Å². The molecule has 0 bridgehead atoms. The predicted octanol–water partition coefficient (Wildman–Crippen LogP) is -0.174. The van der Waals surface area contributed by atoms with Gasteiger partial charge < -0.3 is 19.5 Å². The van der Waals surface area contributed by atoms with Crippen molar-refractivity contribution in [2.75, 3.05) is 45.9 Å². The Hall–Kier alpha value is -1.51. The van der Waals surface area contributed by atoms with Crippen LogP contribution in [0.5, 0.6) is 0 Å². The lowest BCUT2D eigenvalue weighted by Gasteiger charge is -2.38. The first-order valence-corrected chi connectivity index (χ1v) is 8.36. The highest BCUT2D eigenvalue weighted by Crippen LogP contribution is 2.20. The number of carbonyl (C=O) groups excluding carboxylic acids is 1. The number of nitrogens with zero attached hydrogens (tertiary/aromatic N) is 4. The van der Waals surface area contributed by atoms with Crippen LogP contribution in [-0.4, -0.2) is 77.8 Å². The topological polar surface area (TPSA) is 83.7 Å². The molecule has 1 N–H and O–H groups in total. The number of morpholine rings is 1. The van der Waals surface area contributed by atoms with Crippen LogP contribution in [0.2, 0.25) is 0 Å². The molecule has 2 atom stereocenters. The fraction of sp³-hybridized carbons (Fsp3) is 0.800. The van der Waals surface area contributed by atoms with Crippen LogP contribution in [0.25, 0.3) is 0 Å². The zero-order chi connectivity index (χ0) is 16.2. The Morgan fingerprint density at radius 1 is 1.39 bits per heavy atom. The van der Waals surface area contributed by atoms with Gasteiger partial charge in [-0.25, -0.2) is 0 Å². The second-order valence-electron chi connectivity index (χ2n) is 6.00. The lowest BCUT2D eigenvalue weighted by Crippen LogP contribution is -2.55. The van der Waals surface area contributed by atoms with Gasteiger partial charge in [0.1, 0.15) is 6.10 Å². The number of aromatic nitrogens is 2. The molecule has 2 saturated heterocycles. The third-order valence-electron chi connectivity index (χ3n) is 4.53. The molecule has 0 aromatic carbocycles. The van der Waals surface area contributed by atoms with Crippen LogP contribution in [0.4, 0.5) is 0 Å². The van der Waals surface area contributed by atoms with Gasteiger partial charge in [-0.15, -0.1) is 0 Å². The van der Waals surface area contributed by atoms with E-state index >= 15 is 0 Å². The second kappa shape index (κ2) is 7.37. The van der Waals surface area contributed by atoms with Crippen LogP contribution >= 0.6 is 0 Å². The van der Waals surface area contributed by atoms with E-state index in [0.717, 1.165) is 31.9 Å². The first-order valence-electron chi connectivity index (χ1n) is 8.36. The average Bonchev–Trinajstić information content (AvgIpc) is 3.10. The molecule has 0 aliphatic carbocycles. The summed E-state index contributed by atoms with van der Waals surface area (Å²) in [6, 6.07) is 0.0765. The highest BCUT2D eigenvalue weighted by molar-refractivity contribution is 5.81. The first-order chi connectivity index (χ1) is 11.2. The summed E-state index contributed by atoms with van der Waals surface area (Å²) in [7, 11) is 0. The molecule has 0 radical (unpaired) electrons. The van der Waals surface area contributed by atoms with E-state index in [2.05, 4.69) is 27.3 Å². The van der Waals surface area contributed by atoms with Crippen molar-refractivity contribution in [1.29, 1.82) is 0 Å². The Bertz CT molecular complexity index is 521. The highest BCUT2D eigenvalue weighted by Gasteiger charge is 2.31. The molecule has 2 aliphatic rings. The van der Waals surface area contributed by atoms with Crippen molar-refractivity contribution in [3.63, 3.8) is 0 Å². The van der Waals surface area contributed by atoms with Gasteiger partial charge >= 0.3 is 0 Å². The van der Waals surface area contributed by atoms with Crippen LogP contribution in [0, 0.1) is 0 Å². The van der Waals surface area contributed by atoms with E-state index in [1.807, 2.05) is 11.8 Å². The largest absolute Gasteiger partial charge is 0.366 e. The number of nitrogens with one attached hydrogen (secondary N) is 1. The minimum atomic E-state index is -0.337. The van der Waals surface area contributed by atoms with Crippen molar-refractivity contribution < 1.29 is 14.1 Å². The zero-order valence-corrected chi connectivity index (χ0v) is 13.8. The van der Waals surface area contributed by atoms with E-state index in [9.17, 15) is 4.79 Å². The lowest BCUT2D eigenvalue weighted by atomic mass is 10.2. The molecule has 8 nitrogen and oxygen atoms in total. The normalized spacial score (nSPS) is 24.6. The number of ether oxygens (including phenoxy) is 1. The highest BCUT2D eigenvalue weighted by atomic mass is 16.5. The third-order valence-corrected chi connectivity index (χ3v) is 4.53. The van der Waals surface area contributed by atoms with Crippen molar-refractivity contribution in [2.45, 2.75) is 32.4 Å². The summed E-state index contributed by atoms with van der Waals surface area (Å²) in [5, 5.41) is 7.15. The third kappa shape index (κ3) is 3.70. The summed E-state index contributed by atoms with van der Waals surface area (Å²) in [6.07, 6.45) is 0.435. The molecular weight excluding hydrogens is 298 g/mol. The molecule has 1 aromatic heterocycles. The van der Waals surface area contributed by atoms with Crippen molar-refractivity contribution in [2.24, 2.45) is 0 Å². The quantitative estimate of drug-likeness (QED) is 0.823. The predicted molar refractivity (Wildman–Crippen MR) is 82.9 cm³/mol. The molecule has 2 fully saturated rings. The molecule has 1 aromatic rings. The second-order valence-corrected chi connectivity index (χ2v) is 6.00. The molecule has 23 heavy (non-hydrogen) atoms. The average molecular weight is 323 g/mol. The summed E-state index contributed by atoms with van der Waals surface area (Å²) in [5.41, 5.74) is 0. The number of hydrogen-bond donors (Lipinski definition) is 1. The van der Waals surface area contributed by atoms with Gasteiger partial charge in [-0.3, -0.25) is 9.69 Å². The molecule has 128 valence electrons. The maximum Gasteiger partial charge on any atom is 0.253 e. The van der Waals surface area contributed by atoms with E-state index in [-0.39, 0.29) is 18.1 Å². The first kappa shape index (κ1) is 16.4. The van der Waals surface area contributed by atoms with Gasteiger partial charge in [0.25, 0.3) is 5.91 Å². The Kier molecular flexibility index (Phi) is 5.24. The summed E-state index contributed by atoms with van der Waals surface area (Å²) >= 11 is 0. The van der Waals surface area contributed by atoms with E-state index < -0.39 is 0 Å².